The number of nitrogens with zero attached hydrogens (tertiary/aromatic N) is 2. The number of amides is 2. The van der Waals surface area contributed by atoms with E-state index in [2.05, 4.69) is 16.7 Å². The Morgan fingerprint density at radius 2 is 1.97 bits per heavy atom. The molecule has 0 aromatic heterocycles. The third kappa shape index (κ3) is 5.65. The van der Waals surface area contributed by atoms with Crippen LogP contribution >= 0.6 is 11.8 Å². The maximum atomic E-state index is 12.3. The summed E-state index contributed by atoms with van der Waals surface area (Å²) in [4.78, 5) is 34.8. The van der Waals surface area contributed by atoms with Crippen molar-refractivity contribution in [2.45, 2.75) is 19.3 Å². The fraction of sp³-hybridized carbons (Fsp3) is 0.227. The number of carbonyl (C=O) groups is 2. The van der Waals surface area contributed by atoms with Crippen LogP contribution in [0.4, 0.5) is 11.4 Å². The zero-order valence-corrected chi connectivity index (χ0v) is 18.0. The number of hydrogen-bond donors (Lipinski definition) is 2. The molecule has 32 heavy (non-hydrogen) atoms. The Kier molecular flexibility index (Phi) is 7.46. The molecule has 0 saturated heterocycles. The molecule has 0 spiro atoms. The highest BCUT2D eigenvalue weighted by Crippen LogP contribution is 2.36. The first kappa shape index (κ1) is 22.8. The molecule has 2 amide bonds. The molecule has 1 atom stereocenters. The van der Waals surface area contributed by atoms with Crippen molar-refractivity contribution < 1.29 is 19.2 Å². The van der Waals surface area contributed by atoms with Crippen molar-refractivity contribution in [1.29, 1.82) is 5.26 Å². The summed E-state index contributed by atoms with van der Waals surface area (Å²) >= 11 is 1.06. The zero-order chi connectivity index (χ0) is 23.1. The number of nitriles is 1. The SMILES string of the molecule is CCOc1ccc(C2CC(=O)NC(SCC(=O)Nc3ccc([N+](=O)[O-])cc3)=C2C#N)cc1. The van der Waals surface area contributed by atoms with E-state index in [4.69, 9.17) is 4.74 Å². The minimum absolute atomic E-state index is 0.0478. The number of carbonyl (C=O) groups excluding carboxylic acids is 2. The van der Waals surface area contributed by atoms with E-state index >= 15 is 0 Å². The standard InChI is InChI=1S/C22H20N4O5S/c1-2-31-17-9-3-14(4-10-17)18-11-20(27)25-22(19(18)12-23)32-13-21(28)24-15-5-7-16(8-6-15)26(29)30/h3-10,18H,2,11,13H2,1H3,(H,24,28)(H,25,27). The van der Waals surface area contributed by atoms with Crippen molar-refractivity contribution in [3.05, 3.63) is 74.8 Å². The van der Waals surface area contributed by atoms with Crippen LogP contribution in [0.15, 0.2) is 59.1 Å². The van der Waals surface area contributed by atoms with E-state index < -0.39 is 10.8 Å². The fourth-order valence-electron chi connectivity index (χ4n) is 3.18. The Labute approximate surface area is 188 Å². The molecule has 2 aromatic rings. The number of benzene rings is 2. The van der Waals surface area contributed by atoms with Crippen LogP contribution in [0.25, 0.3) is 0 Å². The number of hydrogen-bond acceptors (Lipinski definition) is 7. The van der Waals surface area contributed by atoms with Gasteiger partial charge in [0.1, 0.15) is 5.75 Å². The second kappa shape index (κ2) is 10.5. The molecule has 0 fully saturated rings. The summed E-state index contributed by atoms with van der Waals surface area (Å²) in [6.45, 7) is 2.43. The highest BCUT2D eigenvalue weighted by atomic mass is 32.2. The van der Waals surface area contributed by atoms with Crippen LogP contribution in [-0.4, -0.2) is 29.1 Å². The lowest BCUT2D eigenvalue weighted by molar-refractivity contribution is -0.384. The summed E-state index contributed by atoms with van der Waals surface area (Å²) in [5, 5.41) is 26.1. The van der Waals surface area contributed by atoms with Crippen LogP contribution in [0.5, 0.6) is 5.75 Å². The van der Waals surface area contributed by atoms with Gasteiger partial charge in [-0.25, -0.2) is 0 Å². The van der Waals surface area contributed by atoms with Gasteiger partial charge < -0.3 is 15.4 Å². The molecule has 2 aromatic carbocycles. The third-order valence-corrected chi connectivity index (χ3v) is 5.68. The molecule has 1 aliphatic rings. The summed E-state index contributed by atoms with van der Waals surface area (Å²) in [5.41, 5.74) is 1.54. The van der Waals surface area contributed by atoms with Gasteiger partial charge >= 0.3 is 0 Å². The highest BCUT2D eigenvalue weighted by Gasteiger charge is 2.30. The van der Waals surface area contributed by atoms with E-state index in [9.17, 15) is 25.0 Å². The van der Waals surface area contributed by atoms with Gasteiger partial charge in [-0.15, -0.1) is 0 Å². The van der Waals surface area contributed by atoms with E-state index in [1.54, 1.807) is 12.1 Å². The number of non-ortho nitro benzene ring substituents is 1. The third-order valence-electron chi connectivity index (χ3n) is 4.66. The van der Waals surface area contributed by atoms with Gasteiger partial charge in [0, 0.05) is 30.2 Å². The van der Waals surface area contributed by atoms with Crippen molar-refractivity contribution in [3.63, 3.8) is 0 Å². The number of nitro benzene ring substituents is 1. The zero-order valence-electron chi connectivity index (χ0n) is 17.2. The second-order valence-corrected chi connectivity index (χ2v) is 7.79. The maximum absolute atomic E-state index is 12.3. The van der Waals surface area contributed by atoms with E-state index in [0.717, 1.165) is 17.3 Å². The molecule has 10 heteroatoms. The fourth-order valence-corrected chi connectivity index (χ4v) is 4.06. The Morgan fingerprint density at radius 3 is 2.56 bits per heavy atom. The predicted octanol–water partition coefficient (Wildman–Crippen LogP) is 3.70. The monoisotopic (exact) mass is 452 g/mol. The maximum Gasteiger partial charge on any atom is 0.269 e. The van der Waals surface area contributed by atoms with Gasteiger partial charge in [-0.05, 0) is 36.8 Å². The highest BCUT2D eigenvalue weighted by molar-refractivity contribution is 8.03. The lowest BCUT2D eigenvalue weighted by atomic mass is 9.87. The van der Waals surface area contributed by atoms with Gasteiger partial charge in [0.25, 0.3) is 5.69 Å². The van der Waals surface area contributed by atoms with Gasteiger partial charge in [0.05, 0.1) is 34.0 Å². The number of nitro groups is 1. The Balaban J connectivity index is 1.70. The minimum Gasteiger partial charge on any atom is -0.494 e. The van der Waals surface area contributed by atoms with Crippen molar-refractivity contribution in [2.75, 3.05) is 17.7 Å². The van der Waals surface area contributed by atoms with Crippen molar-refractivity contribution in [1.82, 2.24) is 5.32 Å². The lowest BCUT2D eigenvalue weighted by Crippen LogP contribution is -2.31. The van der Waals surface area contributed by atoms with Gasteiger partial charge in [-0.1, -0.05) is 23.9 Å². The Morgan fingerprint density at radius 1 is 1.28 bits per heavy atom. The summed E-state index contributed by atoms with van der Waals surface area (Å²) in [5.74, 6) is -0.359. The largest absolute Gasteiger partial charge is 0.494 e. The minimum atomic E-state index is -0.524. The van der Waals surface area contributed by atoms with Crippen LogP contribution in [0, 0.1) is 21.4 Å². The van der Waals surface area contributed by atoms with Crippen molar-refractivity contribution in [2.24, 2.45) is 0 Å². The smallest absolute Gasteiger partial charge is 0.269 e. The van der Waals surface area contributed by atoms with E-state index in [1.165, 1.54) is 24.3 Å². The Hall–Kier alpha value is -3.84. The van der Waals surface area contributed by atoms with Crippen molar-refractivity contribution in [3.8, 4) is 11.8 Å². The van der Waals surface area contributed by atoms with Crippen LogP contribution in [0.2, 0.25) is 0 Å². The summed E-state index contributed by atoms with van der Waals surface area (Å²) in [6.07, 6.45) is 0.135. The normalized spacial score (nSPS) is 15.5. The number of rotatable bonds is 8. The van der Waals surface area contributed by atoms with Crippen molar-refractivity contribution >= 4 is 35.0 Å². The first-order valence-electron chi connectivity index (χ1n) is 9.75. The molecule has 3 rings (SSSR count). The molecule has 0 bridgehead atoms. The first-order chi connectivity index (χ1) is 15.4. The average Bonchev–Trinajstić information content (AvgIpc) is 2.78. The van der Waals surface area contributed by atoms with Crippen LogP contribution in [0.1, 0.15) is 24.8 Å². The summed E-state index contributed by atoms with van der Waals surface area (Å²) in [7, 11) is 0. The summed E-state index contributed by atoms with van der Waals surface area (Å²) < 4.78 is 5.44. The number of anilines is 1. The molecular weight excluding hydrogens is 432 g/mol. The molecule has 0 saturated carbocycles. The summed E-state index contributed by atoms with van der Waals surface area (Å²) in [6, 6.07) is 14.9. The van der Waals surface area contributed by atoms with Gasteiger partial charge in [0.2, 0.25) is 11.8 Å². The first-order valence-corrected chi connectivity index (χ1v) is 10.7. The van der Waals surface area contributed by atoms with E-state index in [1.807, 2.05) is 19.1 Å². The number of allylic oxidation sites excluding steroid dienone is 1. The molecule has 1 heterocycles. The molecule has 1 aliphatic heterocycles. The molecule has 0 aliphatic carbocycles. The van der Waals surface area contributed by atoms with Crippen LogP contribution < -0.4 is 15.4 Å². The lowest BCUT2D eigenvalue weighted by Gasteiger charge is -2.25. The Bertz CT molecular complexity index is 1090. The molecule has 164 valence electrons. The van der Waals surface area contributed by atoms with Gasteiger partial charge in [-0.3, -0.25) is 19.7 Å². The second-order valence-electron chi connectivity index (χ2n) is 6.80. The van der Waals surface area contributed by atoms with Crippen LogP contribution in [0.3, 0.4) is 0 Å². The molecular formula is C22H20N4O5S. The molecule has 2 N–H and O–H groups in total. The number of ether oxygens (including phenoxy) is 1. The number of thioether (sulfide) groups is 1. The van der Waals surface area contributed by atoms with Gasteiger partial charge in [-0.2, -0.15) is 5.26 Å². The predicted molar refractivity (Wildman–Crippen MR) is 120 cm³/mol. The van der Waals surface area contributed by atoms with E-state index in [-0.39, 0.29) is 29.7 Å². The quantitative estimate of drug-likeness (QED) is 0.460. The molecule has 1 unspecified atom stereocenters. The molecule has 0 radical (unpaired) electrons. The van der Waals surface area contributed by atoms with E-state index in [0.29, 0.717) is 28.6 Å². The average molecular weight is 452 g/mol. The molecule has 9 nitrogen and oxygen atoms in total. The van der Waals surface area contributed by atoms with Gasteiger partial charge in [0.15, 0.2) is 0 Å². The topological polar surface area (TPSA) is 134 Å². The number of nitrogens with one attached hydrogen (secondary N) is 2. The van der Waals surface area contributed by atoms with Crippen LogP contribution in [-0.2, 0) is 9.59 Å².